The van der Waals surface area contributed by atoms with E-state index in [0.717, 1.165) is 66.9 Å². The second-order valence-corrected chi connectivity index (χ2v) is 12.2. The quantitative estimate of drug-likeness (QED) is 0.230. The lowest BCUT2D eigenvalue weighted by Crippen LogP contribution is -2.26. The van der Waals surface area contributed by atoms with Crippen LogP contribution in [0.3, 0.4) is 0 Å². The van der Waals surface area contributed by atoms with Gasteiger partial charge in [-0.15, -0.1) is 0 Å². The molecule has 0 fully saturated rings. The molecule has 0 unspecified atom stereocenters. The van der Waals surface area contributed by atoms with Crippen molar-refractivity contribution in [3.63, 3.8) is 0 Å². The number of furan rings is 1. The van der Waals surface area contributed by atoms with E-state index in [9.17, 15) is 0 Å². The van der Waals surface area contributed by atoms with Crippen LogP contribution in [0.25, 0.3) is 55.3 Å². The highest BCUT2D eigenvalue weighted by Crippen LogP contribution is 2.50. The summed E-state index contributed by atoms with van der Waals surface area (Å²) in [6, 6.07) is 43.3. The van der Waals surface area contributed by atoms with Gasteiger partial charge in [-0.2, -0.15) is 0 Å². The summed E-state index contributed by atoms with van der Waals surface area (Å²) >= 11 is 0. The highest BCUT2D eigenvalue weighted by Gasteiger charge is 2.34. The van der Waals surface area contributed by atoms with Crippen LogP contribution in [0.1, 0.15) is 30.5 Å². The molecule has 0 atom stereocenters. The number of nitrogens with one attached hydrogen (secondary N) is 1. The lowest BCUT2D eigenvalue weighted by molar-refractivity contribution is 0.303. The second kappa shape index (κ2) is 8.86. The Morgan fingerprint density at radius 2 is 1.21 bits per heavy atom. The molecule has 0 saturated carbocycles. The average Bonchev–Trinajstić information content (AvgIpc) is 3.43. The van der Waals surface area contributed by atoms with E-state index in [1.165, 1.54) is 22.3 Å². The topological polar surface area (TPSA) is 34.4 Å². The molecule has 2 aliphatic rings. The Balaban J connectivity index is 1.16. The highest BCUT2D eigenvalue weighted by atomic mass is 16.5. The van der Waals surface area contributed by atoms with Crippen LogP contribution in [-0.4, -0.2) is 0 Å². The van der Waals surface area contributed by atoms with Gasteiger partial charge in [-0.05, 0) is 63.7 Å². The zero-order chi connectivity index (χ0) is 28.7. The van der Waals surface area contributed by atoms with Crippen molar-refractivity contribution in [2.24, 2.45) is 0 Å². The molecular formula is C40H29NO2. The summed E-state index contributed by atoms with van der Waals surface area (Å²) in [5, 5.41) is 6.03. The molecule has 0 amide bonds. The fourth-order valence-corrected chi connectivity index (χ4v) is 7.13. The Labute approximate surface area is 250 Å². The maximum atomic E-state index is 6.39. The van der Waals surface area contributed by atoms with E-state index >= 15 is 0 Å². The lowest BCUT2D eigenvalue weighted by Gasteiger charge is -2.36. The predicted molar refractivity (Wildman–Crippen MR) is 176 cm³/mol. The first kappa shape index (κ1) is 24.3. The van der Waals surface area contributed by atoms with Crippen molar-refractivity contribution in [2.45, 2.75) is 25.9 Å². The van der Waals surface area contributed by atoms with Crippen molar-refractivity contribution in [1.29, 1.82) is 0 Å². The van der Waals surface area contributed by atoms with Gasteiger partial charge in [-0.1, -0.05) is 105 Å². The molecule has 0 spiro atoms. The molecule has 0 saturated heterocycles. The van der Waals surface area contributed by atoms with Crippen molar-refractivity contribution < 1.29 is 9.15 Å². The molecule has 0 aliphatic carbocycles. The summed E-state index contributed by atoms with van der Waals surface area (Å²) < 4.78 is 12.8. The van der Waals surface area contributed by atoms with Crippen molar-refractivity contribution in [2.75, 3.05) is 5.32 Å². The maximum absolute atomic E-state index is 6.39. The Bertz CT molecular complexity index is 2250. The van der Waals surface area contributed by atoms with Crippen LogP contribution in [0, 0.1) is 0 Å². The Kier molecular flexibility index (Phi) is 5.01. The number of fused-ring (bicyclic) bond motifs is 8. The van der Waals surface area contributed by atoms with Gasteiger partial charge in [-0.25, -0.2) is 0 Å². The minimum absolute atomic E-state index is 0.230. The third kappa shape index (κ3) is 3.55. The summed E-state index contributed by atoms with van der Waals surface area (Å²) in [7, 11) is 0. The van der Waals surface area contributed by atoms with E-state index in [1.54, 1.807) is 0 Å². The first-order valence-corrected chi connectivity index (χ1v) is 14.9. The monoisotopic (exact) mass is 555 g/mol. The molecule has 0 radical (unpaired) electrons. The van der Waals surface area contributed by atoms with Crippen LogP contribution in [0.4, 0.5) is 11.4 Å². The zero-order valence-corrected chi connectivity index (χ0v) is 24.1. The van der Waals surface area contributed by atoms with Crippen molar-refractivity contribution in [3.05, 3.63) is 138 Å². The molecule has 1 N–H and O–H groups in total. The van der Waals surface area contributed by atoms with E-state index in [0.29, 0.717) is 6.61 Å². The van der Waals surface area contributed by atoms with Crippen molar-refractivity contribution in [3.8, 4) is 39.1 Å². The molecule has 43 heavy (non-hydrogen) atoms. The summed E-state index contributed by atoms with van der Waals surface area (Å²) in [5.41, 5.74) is 14.6. The fourth-order valence-electron chi connectivity index (χ4n) is 7.13. The summed E-state index contributed by atoms with van der Waals surface area (Å²) in [4.78, 5) is 0. The highest BCUT2D eigenvalue weighted by molar-refractivity contribution is 6.09. The number of hydrogen-bond acceptors (Lipinski definition) is 3. The molecule has 2 aliphatic heterocycles. The largest absolute Gasteiger partial charge is 0.488 e. The number of ether oxygens (including phenoxy) is 1. The number of benzene rings is 6. The molecule has 1 aromatic heterocycles. The smallest absolute Gasteiger partial charge is 0.143 e. The summed E-state index contributed by atoms with van der Waals surface area (Å²) in [5.74, 6) is 0.962. The average molecular weight is 556 g/mol. The molecule has 3 heterocycles. The van der Waals surface area contributed by atoms with E-state index in [2.05, 4.69) is 128 Å². The van der Waals surface area contributed by atoms with Gasteiger partial charge in [0.2, 0.25) is 0 Å². The molecule has 3 nitrogen and oxygen atoms in total. The predicted octanol–water partition coefficient (Wildman–Crippen LogP) is 10.9. The first-order valence-electron chi connectivity index (χ1n) is 14.9. The lowest BCUT2D eigenvalue weighted by atomic mass is 9.73. The Morgan fingerprint density at radius 1 is 0.581 bits per heavy atom. The third-order valence-corrected chi connectivity index (χ3v) is 9.38. The van der Waals surface area contributed by atoms with E-state index in [4.69, 9.17) is 9.15 Å². The van der Waals surface area contributed by atoms with E-state index < -0.39 is 0 Å². The molecule has 206 valence electrons. The van der Waals surface area contributed by atoms with Crippen LogP contribution < -0.4 is 10.1 Å². The first-order chi connectivity index (χ1) is 21.1. The van der Waals surface area contributed by atoms with Gasteiger partial charge >= 0.3 is 0 Å². The van der Waals surface area contributed by atoms with Crippen LogP contribution in [0.2, 0.25) is 0 Å². The van der Waals surface area contributed by atoms with Crippen molar-refractivity contribution in [1.82, 2.24) is 0 Å². The zero-order valence-electron chi connectivity index (χ0n) is 24.1. The minimum Gasteiger partial charge on any atom is -0.488 e. The van der Waals surface area contributed by atoms with Crippen LogP contribution in [0.5, 0.6) is 5.75 Å². The minimum atomic E-state index is -0.230. The number of anilines is 2. The summed E-state index contributed by atoms with van der Waals surface area (Å²) in [6.07, 6.45) is 0. The molecular weight excluding hydrogens is 526 g/mol. The number of para-hydroxylation sites is 3. The van der Waals surface area contributed by atoms with Gasteiger partial charge in [0, 0.05) is 44.3 Å². The van der Waals surface area contributed by atoms with E-state index in [1.807, 2.05) is 12.1 Å². The maximum Gasteiger partial charge on any atom is 0.143 e. The molecule has 9 rings (SSSR count). The standard InChI is InChI=1S/C40H29NO2/c1-40(2)33-21-24(28-12-7-14-31-27-10-4-3-9-26(27)23-42-38(28)31)17-19-35(33)41-36-20-18-25(22-34(36)40)29-13-8-15-32-30-11-5-6-16-37(30)43-39(29)32/h3-22,41H,23H2,1-2H3. The second-order valence-electron chi connectivity index (χ2n) is 12.2. The SMILES string of the molecule is CC1(C)c2cc(-c3cccc4c3OCc3ccccc3-4)ccc2Nc2ccc(-c3cccc4c3oc3ccccc34)cc21. The van der Waals surface area contributed by atoms with Gasteiger partial charge < -0.3 is 14.5 Å². The molecule has 0 bridgehead atoms. The van der Waals surface area contributed by atoms with Gasteiger partial charge in [-0.3, -0.25) is 0 Å². The normalized spacial score (nSPS) is 14.3. The van der Waals surface area contributed by atoms with Gasteiger partial charge in [0.1, 0.15) is 23.5 Å². The molecule has 6 aromatic carbocycles. The van der Waals surface area contributed by atoms with Crippen molar-refractivity contribution >= 4 is 33.3 Å². The van der Waals surface area contributed by atoms with Crippen LogP contribution in [0.15, 0.2) is 126 Å². The van der Waals surface area contributed by atoms with Gasteiger partial charge in [0.05, 0.1) is 0 Å². The van der Waals surface area contributed by atoms with E-state index in [-0.39, 0.29) is 5.41 Å². The van der Waals surface area contributed by atoms with Gasteiger partial charge in [0.15, 0.2) is 0 Å². The Hall–Kier alpha value is -5.28. The molecule has 7 aromatic rings. The third-order valence-electron chi connectivity index (χ3n) is 9.38. The molecule has 3 heteroatoms. The Morgan fingerprint density at radius 3 is 2.05 bits per heavy atom. The van der Waals surface area contributed by atoms with Crippen LogP contribution in [-0.2, 0) is 12.0 Å². The number of hydrogen-bond donors (Lipinski definition) is 1. The summed E-state index contributed by atoms with van der Waals surface area (Å²) in [6.45, 7) is 5.24. The van der Waals surface area contributed by atoms with Gasteiger partial charge in [0.25, 0.3) is 0 Å². The fraction of sp³-hybridized carbons (Fsp3) is 0.100. The van der Waals surface area contributed by atoms with Crippen LogP contribution >= 0.6 is 0 Å². The number of rotatable bonds is 2.